The standard InChI is InChI=1S/C17H15F2N3O2.ClH/c18-11-6-10(7-12(19)8-11)16-21-14-9-22(5-3-15(14)24-16)17(23)13-2-1-4-20-13;/h1-2,6-8,13,20H,3-5,9H2;1H. The number of hydrogen-bond acceptors (Lipinski definition) is 4. The minimum absolute atomic E-state index is 0. The van der Waals surface area contributed by atoms with Crippen LogP contribution >= 0.6 is 12.4 Å². The van der Waals surface area contributed by atoms with E-state index in [1.54, 1.807) is 4.90 Å². The molecule has 0 aliphatic carbocycles. The predicted molar refractivity (Wildman–Crippen MR) is 89.2 cm³/mol. The van der Waals surface area contributed by atoms with E-state index in [0.717, 1.165) is 6.07 Å². The first-order chi connectivity index (χ1) is 11.6. The van der Waals surface area contributed by atoms with E-state index in [0.29, 0.717) is 37.5 Å². The van der Waals surface area contributed by atoms with Crippen molar-refractivity contribution in [3.8, 4) is 11.5 Å². The Morgan fingerprint density at radius 2 is 2.04 bits per heavy atom. The molecule has 25 heavy (non-hydrogen) atoms. The second-order valence-electron chi connectivity index (χ2n) is 5.87. The van der Waals surface area contributed by atoms with Crippen molar-refractivity contribution in [1.29, 1.82) is 0 Å². The minimum atomic E-state index is -0.683. The number of hydrogen-bond donors (Lipinski definition) is 1. The Bertz CT molecular complexity index is 817. The van der Waals surface area contributed by atoms with Crippen LogP contribution in [0.4, 0.5) is 8.78 Å². The van der Waals surface area contributed by atoms with Crippen molar-refractivity contribution in [3.63, 3.8) is 0 Å². The number of nitrogens with zero attached hydrogens (tertiary/aromatic N) is 2. The lowest BCUT2D eigenvalue weighted by Crippen LogP contribution is -2.45. The van der Waals surface area contributed by atoms with Crippen LogP contribution in [0.2, 0.25) is 0 Å². The molecule has 8 heteroatoms. The third kappa shape index (κ3) is 3.43. The molecular weight excluding hydrogens is 352 g/mol. The van der Waals surface area contributed by atoms with Gasteiger partial charge in [0.1, 0.15) is 29.1 Å². The Labute approximate surface area is 149 Å². The van der Waals surface area contributed by atoms with Crippen LogP contribution in [0, 0.1) is 11.6 Å². The van der Waals surface area contributed by atoms with E-state index in [9.17, 15) is 13.6 Å². The molecule has 1 N–H and O–H groups in total. The maximum Gasteiger partial charge on any atom is 0.244 e. The van der Waals surface area contributed by atoms with Gasteiger partial charge in [-0.2, -0.15) is 0 Å². The molecule has 1 aromatic carbocycles. The number of rotatable bonds is 2. The average Bonchev–Trinajstić information content (AvgIpc) is 3.22. The fraction of sp³-hybridized carbons (Fsp3) is 0.294. The van der Waals surface area contributed by atoms with E-state index in [-0.39, 0.29) is 35.8 Å². The van der Waals surface area contributed by atoms with Gasteiger partial charge >= 0.3 is 0 Å². The molecule has 0 spiro atoms. The van der Waals surface area contributed by atoms with Crippen LogP contribution in [0.15, 0.2) is 34.8 Å². The molecule has 1 amide bonds. The van der Waals surface area contributed by atoms with Gasteiger partial charge in [-0.3, -0.25) is 10.1 Å². The first-order valence-electron chi connectivity index (χ1n) is 7.74. The zero-order valence-corrected chi connectivity index (χ0v) is 14.0. The molecule has 5 nitrogen and oxygen atoms in total. The number of fused-ring (bicyclic) bond motifs is 1. The summed E-state index contributed by atoms with van der Waals surface area (Å²) < 4.78 is 32.4. The zero-order chi connectivity index (χ0) is 16.7. The van der Waals surface area contributed by atoms with Gasteiger partial charge in [-0.15, -0.1) is 12.4 Å². The number of benzene rings is 1. The second kappa shape index (κ2) is 6.93. The van der Waals surface area contributed by atoms with Gasteiger partial charge in [0.2, 0.25) is 11.8 Å². The van der Waals surface area contributed by atoms with Crippen LogP contribution in [-0.2, 0) is 17.8 Å². The smallest absolute Gasteiger partial charge is 0.244 e. The Morgan fingerprint density at radius 1 is 1.28 bits per heavy atom. The number of oxazole rings is 1. The van der Waals surface area contributed by atoms with Gasteiger partial charge in [0.25, 0.3) is 0 Å². The zero-order valence-electron chi connectivity index (χ0n) is 13.2. The first kappa shape index (κ1) is 17.6. The normalized spacial score (nSPS) is 18.8. The highest BCUT2D eigenvalue weighted by atomic mass is 35.5. The summed E-state index contributed by atoms with van der Waals surface area (Å²) in [6.07, 6.45) is 4.30. The number of nitrogens with one attached hydrogen (secondary N) is 1. The molecule has 2 aromatic rings. The summed E-state index contributed by atoms with van der Waals surface area (Å²) in [6.45, 7) is 1.56. The molecule has 0 saturated carbocycles. The Morgan fingerprint density at radius 3 is 2.72 bits per heavy atom. The lowest BCUT2D eigenvalue weighted by molar-refractivity contribution is -0.133. The van der Waals surface area contributed by atoms with Crippen LogP contribution in [0.25, 0.3) is 11.5 Å². The number of carbonyl (C=O) groups is 1. The number of halogens is 3. The van der Waals surface area contributed by atoms with E-state index >= 15 is 0 Å². The van der Waals surface area contributed by atoms with E-state index < -0.39 is 11.6 Å². The molecule has 132 valence electrons. The van der Waals surface area contributed by atoms with Crippen LogP contribution in [-0.4, -0.2) is 34.9 Å². The third-order valence-electron chi connectivity index (χ3n) is 4.20. The third-order valence-corrected chi connectivity index (χ3v) is 4.20. The van der Waals surface area contributed by atoms with Crippen molar-refractivity contribution < 1.29 is 18.0 Å². The minimum Gasteiger partial charge on any atom is -0.441 e. The fourth-order valence-electron chi connectivity index (χ4n) is 3.02. The number of aromatic nitrogens is 1. The van der Waals surface area contributed by atoms with Crippen LogP contribution in [0.1, 0.15) is 11.5 Å². The average molecular weight is 368 g/mol. The van der Waals surface area contributed by atoms with E-state index in [4.69, 9.17) is 4.42 Å². The molecule has 4 rings (SSSR count). The summed E-state index contributed by atoms with van der Waals surface area (Å²) >= 11 is 0. The van der Waals surface area contributed by atoms with Crippen molar-refractivity contribution in [2.24, 2.45) is 0 Å². The van der Waals surface area contributed by atoms with Crippen LogP contribution in [0.5, 0.6) is 0 Å². The molecule has 0 saturated heterocycles. The molecular formula is C17H16ClF2N3O2. The highest BCUT2D eigenvalue weighted by molar-refractivity contribution is 5.85. The Hall–Kier alpha value is -2.25. The molecule has 2 aliphatic heterocycles. The number of amides is 1. The Balaban J connectivity index is 0.00000182. The summed E-state index contributed by atoms with van der Waals surface area (Å²) in [7, 11) is 0. The van der Waals surface area contributed by atoms with Crippen LogP contribution < -0.4 is 5.32 Å². The molecule has 1 aromatic heterocycles. The van der Waals surface area contributed by atoms with E-state index in [1.807, 2.05) is 12.2 Å². The predicted octanol–water partition coefficient (Wildman–Crippen LogP) is 2.45. The molecule has 0 bridgehead atoms. The van der Waals surface area contributed by atoms with Crippen molar-refractivity contribution in [2.45, 2.75) is 19.0 Å². The maximum absolute atomic E-state index is 13.4. The van der Waals surface area contributed by atoms with Gasteiger partial charge in [-0.25, -0.2) is 13.8 Å². The van der Waals surface area contributed by atoms with Crippen molar-refractivity contribution in [1.82, 2.24) is 15.2 Å². The molecule has 3 heterocycles. The highest BCUT2D eigenvalue weighted by Crippen LogP contribution is 2.27. The van der Waals surface area contributed by atoms with Gasteiger partial charge in [0.15, 0.2) is 0 Å². The van der Waals surface area contributed by atoms with Gasteiger partial charge in [-0.05, 0) is 12.1 Å². The lowest BCUT2D eigenvalue weighted by atomic mass is 10.1. The summed E-state index contributed by atoms with van der Waals surface area (Å²) in [5.41, 5.74) is 0.886. The molecule has 0 radical (unpaired) electrons. The molecule has 1 unspecified atom stereocenters. The highest BCUT2D eigenvalue weighted by Gasteiger charge is 2.29. The van der Waals surface area contributed by atoms with Gasteiger partial charge in [0.05, 0.1) is 6.54 Å². The quantitative estimate of drug-likeness (QED) is 0.828. The second-order valence-corrected chi connectivity index (χ2v) is 5.87. The van der Waals surface area contributed by atoms with E-state index in [1.165, 1.54) is 12.1 Å². The SMILES string of the molecule is Cl.O=C(C1C=CCN1)N1CCc2oc(-c3cc(F)cc(F)c3)nc2C1. The topological polar surface area (TPSA) is 58.4 Å². The Kier molecular flexibility index (Phi) is 4.87. The van der Waals surface area contributed by atoms with Crippen molar-refractivity contribution in [2.75, 3.05) is 13.1 Å². The van der Waals surface area contributed by atoms with Gasteiger partial charge in [0, 0.05) is 31.1 Å². The molecule has 2 aliphatic rings. The van der Waals surface area contributed by atoms with Crippen LogP contribution in [0.3, 0.4) is 0 Å². The lowest BCUT2D eigenvalue weighted by Gasteiger charge is -2.27. The maximum atomic E-state index is 13.4. The largest absolute Gasteiger partial charge is 0.441 e. The van der Waals surface area contributed by atoms with Crippen molar-refractivity contribution in [3.05, 3.63) is 53.4 Å². The molecule has 0 fully saturated rings. The summed E-state index contributed by atoms with van der Waals surface area (Å²) in [4.78, 5) is 18.5. The monoisotopic (exact) mass is 367 g/mol. The fourth-order valence-corrected chi connectivity index (χ4v) is 3.02. The molecule has 1 atom stereocenters. The van der Waals surface area contributed by atoms with Gasteiger partial charge in [-0.1, -0.05) is 12.2 Å². The summed E-state index contributed by atoms with van der Waals surface area (Å²) in [5.74, 6) is -0.537. The van der Waals surface area contributed by atoms with Gasteiger partial charge < -0.3 is 9.32 Å². The van der Waals surface area contributed by atoms with E-state index in [2.05, 4.69) is 10.3 Å². The first-order valence-corrected chi connectivity index (χ1v) is 7.74. The number of carbonyl (C=O) groups excluding carboxylic acids is 1. The summed E-state index contributed by atoms with van der Waals surface area (Å²) in [5, 5.41) is 3.09. The van der Waals surface area contributed by atoms with Crippen molar-refractivity contribution >= 4 is 18.3 Å². The summed E-state index contributed by atoms with van der Waals surface area (Å²) in [6, 6.07) is 2.86.